The molecular formula is C20H18N3O3+. The summed E-state index contributed by atoms with van der Waals surface area (Å²) in [4.78, 5) is 3.02. The number of phenols is 2. The number of nitrogens with two attached hydrogens (primary N) is 1. The highest BCUT2D eigenvalue weighted by molar-refractivity contribution is 5.79. The van der Waals surface area contributed by atoms with Crippen LogP contribution in [0.5, 0.6) is 17.2 Å². The van der Waals surface area contributed by atoms with Crippen LogP contribution in [0.3, 0.4) is 0 Å². The Morgan fingerprint density at radius 1 is 1.08 bits per heavy atom. The Morgan fingerprint density at radius 3 is 2.42 bits per heavy atom. The maximum atomic E-state index is 9.91. The van der Waals surface area contributed by atoms with E-state index in [4.69, 9.17) is 10.5 Å². The quantitative estimate of drug-likeness (QED) is 0.670. The number of rotatable bonds is 4. The first-order chi connectivity index (χ1) is 12.5. The molecule has 130 valence electrons. The van der Waals surface area contributed by atoms with Gasteiger partial charge in [0.1, 0.15) is 23.1 Å². The van der Waals surface area contributed by atoms with Crippen molar-refractivity contribution in [2.24, 2.45) is 0 Å². The van der Waals surface area contributed by atoms with E-state index in [0.29, 0.717) is 34.7 Å². The number of nitrogens with zero attached hydrogens (tertiary/aromatic N) is 1. The van der Waals surface area contributed by atoms with E-state index in [1.807, 2.05) is 13.0 Å². The predicted molar refractivity (Wildman–Crippen MR) is 97.5 cm³/mol. The molecule has 5 N–H and O–H groups in total. The van der Waals surface area contributed by atoms with Crippen LogP contribution in [0.1, 0.15) is 12.5 Å². The SMILES string of the molecule is CCOc1cc(-c2cc(-c3ccc(O)cc3)[nH+]c(N)c2C#N)ccc1O. The summed E-state index contributed by atoms with van der Waals surface area (Å²) in [5, 5.41) is 28.9. The lowest BCUT2D eigenvalue weighted by molar-refractivity contribution is -0.346. The van der Waals surface area contributed by atoms with Crippen molar-refractivity contribution in [3.05, 3.63) is 54.1 Å². The number of benzene rings is 2. The standard InChI is InChI=1S/C20H17N3O3/c1-2-26-19-9-13(5-8-18(19)25)15-10-17(23-20(22)16(15)11-21)12-3-6-14(24)7-4-12/h3-10,24-25H,2H2,1H3,(H2,22,23)/p+1. The topological polar surface area (TPSA) is 114 Å². The van der Waals surface area contributed by atoms with E-state index in [0.717, 1.165) is 5.56 Å². The third-order valence-corrected chi connectivity index (χ3v) is 3.96. The van der Waals surface area contributed by atoms with Gasteiger partial charge < -0.3 is 14.9 Å². The van der Waals surface area contributed by atoms with E-state index in [-0.39, 0.29) is 17.3 Å². The van der Waals surface area contributed by atoms with Gasteiger partial charge in [0.25, 0.3) is 5.82 Å². The summed E-state index contributed by atoms with van der Waals surface area (Å²) in [6.07, 6.45) is 0. The fourth-order valence-corrected chi connectivity index (χ4v) is 2.70. The van der Waals surface area contributed by atoms with Crippen molar-refractivity contribution in [2.45, 2.75) is 6.92 Å². The zero-order valence-corrected chi connectivity index (χ0v) is 14.2. The normalized spacial score (nSPS) is 10.3. The fourth-order valence-electron chi connectivity index (χ4n) is 2.70. The van der Waals surface area contributed by atoms with E-state index in [2.05, 4.69) is 11.1 Å². The summed E-state index contributed by atoms with van der Waals surface area (Å²) in [6, 6.07) is 15.5. The van der Waals surface area contributed by atoms with Crippen LogP contribution in [-0.4, -0.2) is 16.8 Å². The third-order valence-electron chi connectivity index (χ3n) is 3.96. The van der Waals surface area contributed by atoms with Crippen molar-refractivity contribution in [1.82, 2.24) is 0 Å². The maximum Gasteiger partial charge on any atom is 0.289 e. The zero-order chi connectivity index (χ0) is 18.7. The lowest BCUT2D eigenvalue weighted by Crippen LogP contribution is -2.16. The number of aromatic hydroxyl groups is 2. The van der Waals surface area contributed by atoms with Crippen LogP contribution in [0.25, 0.3) is 22.4 Å². The van der Waals surface area contributed by atoms with E-state index < -0.39 is 0 Å². The van der Waals surface area contributed by atoms with Crippen molar-refractivity contribution in [1.29, 1.82) is 5.26 Å². The number of aromatic nitrogens is 1. The number of hydrogen-bond donors (Lipinski definition) is 3. The van der Waals surface area contributed by atoms with E-state index >= 15 is 0 Å². The molecule has 0 amide bonds. The molecule has 1 aromatic heterocycles. The molecule has 0 atom stereocenters. The monoisotopic (exact) mass is 348 g/mol. The number of ether oxygens (including phenoxy) is 1. The Balaban J connectivity index is 2.18. The summed E-state index contributed by atoms with van der Waals surface area (Å²) >= 11 is 0. The summed E-state index contributed by atoms with van der Waals surface area (Å²) in [5.74, 6) is 0.768. The van der Waals surface area contributed by atoms with Gasteiger partial charge in [0.15, 0.2) is 11.5 Å². The molecule has 1 heterocycles. The first-order valence-electron chi connectivity index (χ1n) is 8.05. The predicted octanol–water partition coefficient (Wildman–Crippen LogP) is 3.10. The van der Waals surface area contributed by atoms with E-state index in [1.54, 1.807) is 36.4 Å². The molecule has 0 bridgehead atoms. The molecule has 2 aromatic carbocycles. The number of pyridine rings is 1. The Hall–Kier alpha value is -3.72. The molecule has 0 saturated heterocycles. The van der Waals surface area contributed by atoms with Crippen molar-refractivity contribution in [3.8, 4) is 45.7 Å². The molecule has 3 rings (SSSR count). The average molecular weight is 348 g/mol. The highest BCUT2D eigenvalue weighted by Crippen LogP contribution is 2.35. The van der Waals surface area contributed by atoms with Gasteiger partial charge in [-0.15, -0.1) is 0 Å². The number of nitriles is 1. The minimum absolute atomic E-state index is 0.0309. The second-order valence-corrected chi connectivity index (χ2v) is 5.66. The molecular weight excluding hydrogens is 330 g/mol. The molecule has 6 nitrogen and oxygen atoms in total. The van der Waals surface area contributed by atoms with Gasteiger partial charge >= 0.3 is 0 Å². The van der Waals surface area contributed by atoms with Gasteiger partial charge in [-0.05, 0) is 55.0 Å². The van der Waals surface area contributed by atoms with Gasteiger partial charge in [0, 0.05) is 11.1 Å². The Morgan fingerprint density at radius 2 is 1.77 bits per heavy atom. The lowest BCUT2D eigenvalue weighted by atomic mass is 9.98. The average Bonchev–Trinajstić information content (AvgIpc) is 2.63. The first-order valence-corrected chi connectivity index (χ1v) is 8.05. The van der Waals surface area contributed by atoms with Crippen LogP contribution in [-0.2, 0) is 0 Å². The van der Waals surface area contributed by atoms with Crippen molar-refractivity contribution in [3.63, 3.8) is 0 Å². The summed E-state index contributed by atoms with van der Waals surface area (Å²) in [6.45, 7) is 2.23. The maximum absolute atomic E-state index is 9.91. The van der Waals surface area contributed by atoms with Crippen LogP contribution in [0.2, 0.25) is 0 Å². The Labute approximate surface area is 150 Å². The second-order valence-electron chi connectivity index (χ2n) is 5.66. The van der Waals surface area contributed by atoms with Crippen LogP contribution >= 0.6 is 0 Å². The van der Waals surface area contributed by atoms with E-state index in [9.17, 15) is 15.5 Å². The van der Waals surface area contributed by atoms with Gasteiger partial charge in [0.05, 0.1) is 6.61 Å². The number of nitrogen functional groups attached to an aromatic ring is 1. The zero-order valence-electron chi connectivity index (χ0n) is 14.2. The van der Waals surface area contributed by atoms with E-state index in [1.165, 1.54) is 6.07 Å². The third kappa shape index (κ3) is 3.23. The molecule has 3 aromatic rings. The molecule has 26 heavy (non-hydrogen) atoms. The Kier molecular flexibility index (Phi) is 4.63. The molecule has 6 heteroatoms. The van der Waals surface area contributed by atoms with Crippen molar-refractivity contribution < 1.29 is 19.9 Å². The van der Waals surface area contributed by atoms with Crippen molar-refractivity contribution in [2.75, 3.05) is 12.3 Å². The second kappa shape index (κ2) is 7.03. The minimum atomic E-state index is 0.0309. The fraction of sp³-hybridized carbons (Fsp3) is 0.100. The lowest BCUT2D eigenvalue weighted by Gasteiger charge is -2.11. The molecule has 0 spiro atoms. The van der Waals surface area contributed by atoms with Gasteiger partial charge in [-0.25, -0.2) is 4.98 Å². The van der Waals surface area contributed by atoms with Gasteiger partial charge in [-0.1, -0.05) is 6.07 Å². The van der Waals surface area contributed by atoms with Crippen LogP contribution in [0.15, 0.2) is 48.5 Å². The number of nitrogens with one attached hydrogen (secondary N) is 1. The molecule has 0 fully saturated rings. The van der Waals surface area contributed by atoms with Crippen LogP contribution < -0.4 is 15.5 Å². The van der Waals surface area contributed by atoms with Crippen LogP contribution in [0, 0.1) is 11.3 Å². The number of phenolic OH excluding ortho intramolecular Hbond substituents is 2. The molecule has 0 radical (unpaired) electrons. The smallest absolute Gasteiger partial charge is 0.289 e. The highest BCUT2D eigenvalue weighted by Gasteiger charge is 2.18. The number of H-pyrrole nitrogens is 1. The number of hydrogen-bond acceptors (Lipinski definition) is 5. The summed E-state index contributed by atoms with van der Waals surface area (Å²) in [5.41, 5.74) is 9.18. The van der Waals surface area contributed by atoms with Gasteiger partial charge in [0.2, 0.25) is 0 Å². The Bertz CT molecular complexity index is 992. The minimum Gasteiger partial charge on any atom is -0.508 e. The largest absolute Gasteiger partial charge is 0.508 e. The number of aromatic amines is 1. The van der Waals surface area contributed by atoms with Crippen molar-refractivity contribution >= 4 is 5.82 Å². The first kappa shape index (κ1) is 17.1. The van der Waals surface area contributed by atoms with Gasteiger partial charge in [-0.2, -0.15) is 5.26 Å². The summed E-state index contributed by atoms with van der Waals surface area (Å²) < 4.78 is 5.43. The molecule has 0 saturated carbocycles. The number of anilines is 1. The van der Waals surface area contributed by atoms with Gasteiger partial charge in [-0.3, -0.25) is 5.73 Å². The summed E-state index contributed by atoms with van der Waals surface area (Å²) in [7, 11) is 0. The highest BCUT2D eigenvalue weighted by atomic mass is 16.5. The molecule has 0 aliphatic rings. The molecule has 0 aliphatic heterocycles. The molecule has 0 aliphatic carbocycles. The van der Waals surface area contributed by atoms with Crippen LogP contribution in [0.4, 0.5) is 5.82 Å². The molecule has 0 unspecified atom stereocenters.